The molecule has 1 aliphatic rings. The number of nitrogens with one attached hydrogen (secondary N) is 1. The molecule has 4 nitrogen and oxygen atoms in total. The first-order valence-electron chi connectivity index (χ1n) is 5.49. The molecule has 0 aliphatic carbocycles. The summed E-state index contributed by atoms with van der Waals surface area (Å²) in [5.41, 5.74) is 2.51. The summed E-state index contributed by atoms with van der Waals surface area (Å²) in [6.07, 6.45) is 0.916. The Morgan fingerprint density at radius 1 is 1.31 bits per heavy atom. The van der Waals surface area contributed by atoms with Gasteiger partial charge in [0.05, 0.1) is 5.69 Å². The van der Waals surface area contributed by atoms with Gasteiger partial charge in [-0.25, -0.2) is 9.97 Å². The fraction of sp³-hybridized carbons (Fsp3) is 0.636. The van der Waals surface area contributed by atoms with Crippen LogP contribution in [0.3, 0.4) is 0 Å². The summed E-state index contributed by atoms with van der Waals surface area (Å²) in [6.45, 7) is 0.995. The van der Waals surface area contributed by atoms with Crippen LogP contribution in [0.15, 0.2) is 0 Å². The lowest BCUT2D eigenvalue weighted by atomic mass is 10.2. The lowest BCUT2D eigenvalue weighted by Gasteiger charge is -2.11. The second-order valence-electron chi connectivity index (χ2n) is 4.21. The Labute approximate surface area is 101 Å². The maximum atomic E-state index is 4.64. The van der Waals surface area contributed by atoms with Crippen LogP contribution in [-0.4, -0.2) is 42.6 Å². The summed E-state index contributed by atoms with van der Waals surface area (Å²) in [6, 6.07) is 0. The number of fused-ring (bicyclic) bond motifs is 1. The van der Waals surface area contributed by atoms with Gasteiger partial charge >= 0.3 is 0 Å². The molecule has 0 atom stereocenters. The van der Waals surface area contributed by atoms with E-state index in [0.717, 1.165) is 36.1 Å². The fourth-order valence-corrected chi connectivity index (χ4v) is 2.79. The van der Waals surface area contributed by atoms with Crippen LogP contribution in [0.1, 0.15) is 17.1 Å². The van der Waals surface area contributed by atoms with Gasteiger partial charge in [0.2, 0.25) is 0 Å². The standard InChI is InChI=1S/C11H18N4S/c1-12-11-8-6-16-7-9(8)13-10(14-11)4-5-15(2)3/h4-7H2,1-3H3,(H,12,13,14). The van der Waals surface area contributed by atoms with Gasteiger partial charge in [0.1, 0.15) is 11.6 Å². The number of rotatable bonds is 4. The van der Waals surface area contributed by atoms with Gasteiger partial charge in [-0.15, -0.1) is 0 Å². The van der Waals surface area contributed by atoms with Crippen LogP contribution in [0.4, 0.5) is 5.82 Å². The normalized spacial score (nSPS) is 14.2. The summed E-state index contributed by atoms with van der Waals surface area (Å²) in [5, 5.41) is 3.18. The summed E-state index contributed by atoms with van der Waals surface area (Å²) < 4.78 is 0. The average Bonchev–Trinajstić information content (AvgIpc) is 2.73. The SMILES string of the molecule is CNc1nc(CCN(C)C)nc2c1CSC2. The number of hydrogen-bond acceptors (Lipinski definition) is 5. The molecule has 16 heavy (non-hydrogen) atoms. The quantitative estimate of drug-likeness (QED) is 0.858. The van der Waals surface area contributed by atoms with E-state index < -0.39 is 0 Å². The van der Waals surface area contributed by atoms with E-state index in [-0.39, 0.29) is 0 Å². The van der Waals surface area contributed by atoms with Crippen LogP contribution in [0.25, 0.3) is 0 Å². The molecule has 1 N–H and O–H groups in total. The molecule has 0 amide bonds. The van der Waals surface area contributed by atoms with Crippen molar-refractivity contribution in [1.29, 1.82) is 0 Å². The molecular weight excluding hydrogens is 220 g/mol. The molecule has 0 radical (unpaired) electrons. The van der Waals surface area contributed by atoms with E-state index in [1.807, 2.05) is 18.8 Å². The zero-order valence-electron chi connectivity index (χ0n) is 10.1. The largest absolute Gasteiger partial charge is 0.373 e. The molecule has 2 rings (SSSR count). The maximum Gasteiger partial charge on any atom is 0.133 e. The minimum Gasteiger partial charge on any atom is -0.373 e. The molecule has 0 spiro atoms. The summed E-state index contributed by atoms with van der Waals surface area (Å²) >= 11 is 1.91. The lowest BCUT2D eigenvalue weighted by molar-refractivity contribution is 0.409. The Balaban J connectivity index is 2.20. The van der Waals surface area contributed by atoms with E-state index in [9.17, 15) is 0 Å². The highest BCUT2D eigenvalue weighted by Gasteiger charge is 2.18. The highest BCUT2D eigenvalue weighted by molar-refractivity contribution is 7.98. The van der Waals surface area contributed by atoms with Crippen molar-refractivity contribution in [2.45, 2.75) is 17.9 Å². The number of nitrogens with zero attached hydrogens (tertiary/aromatic N) is 3. The van der Waals surface area contributed by atoms with Gasteiger partial charge in [-0.05, 0) is 14.1 Å². The summed E-state index contributed by atoms with van der Waals surface area (Å²) in [4.78, 5) is 11.4. The minimum absolute atomic E-state index is 0.916. The van der Waals surface area contributed by atoms with E-state index in [1.165, 1.54) is 11.3 Å². The van der Waals surface area contributed by atoms with Crippen LogP contribution in [0.2, 0.25) is 0 Å². The van der Waals surface area contributed by atoms with Gasteiger partial charge in [-0.1, -0.05) is 0 Å². The van der Waals surface area contributed by atoms with Crippen LogP contribution < -0.4 is 5.32 Å². The van der Waals surface area contributed by atoms with Crippen molar-refractivity contribution < 1.29 is 0 Å². The molecule has 0 unspecified atom stereocenters. The van der Waals surface area contributed by atoms with E-state index in [0.29, 0.717) is 0 Å². The highest BCUT2D eigenvalue weighted by atomic mass is 32.2. The summed E-state index contributed by atoms with van der Waals surface area (Å²) in [7, 11) is 6.08. The zero-order valence-corrected chi connectivity index (χ0v) is 10.9. The van der Waals surface area contributed by atoms with E-state index >= 15 is 0 Å². The molecule has 88 valence electrons. The first-order chi connectivity index (χ1) is 7.70. The average molecular weight is 238 g/mol. The Morgan fingerprint density at radius 2 is 2.12 bits per heavy atom. The Kier molecular flexibility index (Phi) is 3.66. The first-order valence-corrected chi connectivity index (χ1v) is 6.65. The third kappa shape index (κ3) is 2.47. The van der Waals surface area contributed by atoms with Crippen molar-refractivity contribution in [3.05, 3.63) is 17.1 Å². The lowest BCUT2D eigenvalue weighted by Crippen LogP contribution is -2.17. The topological polar surface area (TPSA) is 41.1 Å². The molecule has 0 aromatic carbocycles. The molecule has 1 aliphatic heterocycles. The molecule has 1 aromatic rings. The predicted molar refractivity (Wildman–Crippen MR) is 68.8 cm³/mol. The van der Waals surface area contributed by atoms with Gasteiger partial charge in [0, 0.05) is 37.1 Å². The van der Waals surface area contributed by atoms with Crippen molar-refractivity contribution in [3.8, 4) is 0 Å². The van der Waals surface area contributed by atoms with Crippen LogP contribution in [0.5, 0.6) is 0 Å². The van der Waals surface area contributed by atoms with Crippen molar-refractivity contribution in [2.75, 3.05) is 33.0 Å². The van der Waals surface area contributed by atoms with Crippen LogP contribution in [0, 0.1) is 0 Å². The van der Waals surface area contributed by atoms with Gasteiger partial charge in [0.15, 0.2) is 0 Å². The molecule has 1 aromatic heterocycles. The van der Waals surface area contributed by atoms with Crippen molar-refractivity contribution in [2.24, 2.45) is 0 Å². The Morgan fingerprint density at radius 3 is 2.81 bits per heavy atom. The molecule has 2 heterocycles. The van der Waals surface area contributed by atoms with Gasteiger partial charge in [-0.2, -0.15) is 11.8 Å². The van der Waals surface area contributed by atoms with Gasteiger partial charge in [-0.3, -0.25) is 0 Å². The predicted octanol–water partition coefficient (Wildman–Crippen LogP) is 1.37. The van der Waals surface area contributed by atoms with Gasteiger partial charge < -0.3 is 10.2 Å². The second kappa shape index (κ2) is 5.01. The minimum atomic E-state index is 0.916. The molecule has 0 bridgehead atoms. The van der Waals surface area contributed by atoms with E-state index in [1.54, 1.807) is 0 Å². The first kappa shape index (κ1) is 11.7. The fourth-order valence-electron chi connectivity index (χ4n) is 1.74. The third-order valence-corrected chi connectivity index (χ3v) is 3.61. The van der Waals surface area contributed by atoms with E-state index in [4.69, 9.17) is 0 Å². The Hall–Kier alpha value is -0.810. The molecule has 0 saturated heterocycles. The third-order valence-electron chi connectivity index (χ3n) is 2.64. The molecule has 0 saturated carbocycles. The molecule has 5 heteroatoms. The number of anilines is 1. The van der Waals surface area contributed by atoms with Gasteiger partial charge in [0.25, 0.3) is 0 Å². The molecular formula is C11H18N4S. The van der Waals surface area contributed by atoms with Crippen molar-refractivity contribution >= 4 is 17.6 Å². The maximum absolute atomic E-state index is 4.64. The molecule has 0 fully saturated rings. The van der Waals surface area contributed by atoms with Crippen molar-refractivity contribution in [1.82, 2.24) is 14.9 Å². The highest BCUT2D eigenvalue weighted by Crippen LogP contribution is 2.32. The monoisotopic (exact) mass is 238 g/mol. The number of likely N-dealkylation sites (N-methyl/N-ethyl adjacent to an activating group) is 1. The number of aromatic nitrogens is 2. The van der Waals surface area contributed by atoms with Crippen molar-refractivity contribution in [3.63, 3.8) is 0 Å². The van der Waals surface area contributed by atoms with Crippen LogP contribution in [-0.2, 0) is 17.9 Å². The zero-order chi connectivity index (χ0) is 11.5. The smallest absolute Gasteiger partial charge is 0.133 e. The number of thioether (sulfide) groups is 1. The van der Waals surface area contributed by atoms with Crippen LogP contribution >= 0.6 is 11.8 Å². The van der Waals surface area contributed by atoms with E-state index in [2.05, 4.69) is 34.3 Å². The summed E-state index contributed by atoms with van der Waals surface area (Å²) in [5.74, 6) is 4.05. The Bertz CT molecular complexity index is 378. The second-order valence-corrected chi connectivity index (χ2v) is 5.20. The number of hydrogen-bond donors (Lipinski definition) is 1.